The van der Waals surface area contributed by atoms with Crippen LogP contribution in [0.5, 0.6) is 5.75 Å². The largest absolute Gasteiger partial charge is 0.496 e. The Balaban J connectivity index is 2.12. The second-order valence-electron chi connectivity index (χ2n) is 7.05. The number of methoxy groups -OCH3 is 1. The van der Waals surface area contributed by atoms with Gasteiger partial charge in [0.05, 0.1) is 29.7 Å². The molecule has 2 unspecified atom stereocenters. The SMILES string of the molecule is COc1ccccc1C(c1ccc(Cl)c(C(F)(F)F)c1)N1CCCC(C(=O)O)C1. The molecule has 2 atom stereocenters. The molecule has 0 aliphatic carbocycles. The van der Waals surface area contributed by atoms with Crippen molar-refractivity contribution in [3.05, 3.63) is 64.2 Å². The maximum absolute atomic E-state index is 13.4. The average molecular weight is 428 g/mol. The lowest BCUT2D eigenvalue weighted by molar-refractivity contribution is -0.143. The van der Waals surface area contributed by atoms with Gasteiger partial charge in [0.15, 0.2) is 0 Å². The van der Waals surface area contributed by atoms with Gasteiger partial charge in [-0.2, -0.15) is 13.2 Å². The fraction of sp³-hybridized carbons (Fsp3) is 0.381. The molecule has 1 N–H and O–H groups in total. The van der Waals surface area contributed by atoms with E-state index < -0.39 is 29.7 Å². The highest BCUT2D eigenvalue weighted by Gasteiger charge is 2.36. The molecule has 0 saturated carbocycles. The van der Waals surface area contributed by atoms with Gasteiger partial charge in [-0.15, -0.1) is 0 Å². The van der Waals surface area contributed by atoms with Gasteiger partial charge in [0.2, 0.25) is 0 Å². The molecular formula is C21H21ClF3NO3. The number of hydrogen-bond donors (Lipinski definition) is 1. The molecule has 0 amide bonds. The first-order chi connectivity index (χ1) is 13.7. The first-order valence-corrected chi connectivity index (χ1v) is 9.56. The molecule has 4 nitrogen and oxygen atoms in total. The van der Waals surface area contributed by atoms with Gasteiger partial charge in [0.1, 0.15) is 5.75 Å². The number of hydrogen-bond acceptors (Lipinski definition) is 3. The van der Waals surface area contributed by atoms with Gasteiger partial charge in [-0.3, -0.25) is 9.69 Å². The van der Waals surface area contributed by atoms with E-state index in [0.29, 0.717) is 36.3 Å². The average Bonchev–Trinajstić information content (AvgIpc) is 2.69. The zero-order valence-corrected chi connectivity index (χ0v) is 16.5. The Morgan fingerprint density at radius 3 is 2.66 bits per heavy atom. The van der Waals surface area contributed by atoms with Gasteiger partial charge < -0.3 is 9.84 Å². The summed E-state index contributed by atoms with van der Waals surface area (Å²) < 4.78 is 45.8. The lowest BCUT2D eigenvalue weighted by atomic mass is 9.90. The molecule has 156 valence electrons. The van der Waals surface area contributed by atoms with E-state index in [1.165, 1.54) is 13.2 Å². The fourth-order valence-electron chi connectivity index (χ4n) is 3.85. The first-order valence-electron chi connectivity index (χ1n) is 9.18. The van der Waals surface area contributed by atoms with Crippen LogP contribution in [0.3, 0.4) is 0 Å². The summed E-state index contributed by atoms with van der Waals surface area (Å²) in [4.78, 5) is 13.4. The lowest BCUT2D eigenvalue weighted by Gasteiger charge is -2.38. The zero-order chi connectivity index (χ0) is 21.2. The molecule has 0 bridgehead atoms. The van der Waals surface area contributed by atoms with E-state index >= 15 is 0 Å². The predicted molar refractivity (Wildman–Crippen MR) is 103 cm³/mol. The Morgan fingerprint density at radius 2 is 2.00 bits per heavy atom. The van der Waals surface area contributed by atoms with Crippen LogP contribution in [0.2, 0.25) is 5.02 Å². The number of carboxylic acid groups (broad SMARTS) is 1. The molecule has 0 radical (unpaired) electrons. The maximum atomic E-state index is 13.4. The van der Waals surface area contributed by atoms with Crippen LogP contribution >= 0.6 is 11.6 Å². The molecular weight excluding hydrogens is 407 g/mol. The van der Waals surface area contributed by atoms with Crippen LogP contribution in [0.4, 0.5) is 13.2 Å². The Morgan fingerprint density at radius 1 is 1.28 bits per heavy atom. The Bertz CT molecular complexity index is 888. The molecule has 1 aliphatic rings. The van der Waals surface area contributed by atoms with Crippen molar-refractivity contribution in [3.8, 4) is 5.75 Å². The summed E-state index contributed by atoms with van der Waals surface area (Å²) in [5.74, 6) is -0.950. The van der Waals surface area contributed by atoms with Crippen molar-refractivity contribution in [1.29, 1.82) is 0 Å². The van der Waals surface area contributed by atoms with Crippen molar-refractivity contribution in [3.63, 3.8) is 0 Å². The second-order valence-corrected chi connectivity index (χ2v) is 7.46. The summed E-state index contributed by atoms with van der Waals surface area (Å²) in [6, 6.07) is 10.3. The number of carboxylic acids is 1. The van der Waals surface area contributed by atoms with Gasteiger partial charge >= 0.3 is 12.1 Å². The number of likely N-dealkylation sites (tertiary alicyclic amines) is 1. The molecule has 0 spiro atoms. The van der Waals surface area contributed by atoms with Crippen LogP contribution in [0.15, 0.2) is 42.5 Å². The standard InChI is InChI=1S/C21H21ClF3NO3/c1-29-18-7-3-2-6-15(18)19(26-10-4-5-14(12-26)20(27)28)13-8-9-17(22)16(11-13)21(23,24)25/h2-3,6-9,11,14,19H,4-5,10,12H2,1H3,(H,27,28). The van der Waals surface area contributed by atoms with Crippen LogP contribution in [0.1, 0.15) is 35.6 Å². The van der Waals surface area contributed by atoms with E-state index in [4.69, 9.17) is 16.3 Å². The number of rotatable bonds is 5. The van der Waals surface area contributed by atoms with Crippen LogP contribution in [0, 0.1) is 5.92 Å². The normalized spacial score (nSPS) is 19.0. The second kappa shape index (κ2) is 8.63. The molecule has 1 aliphatic heterocycles. The molecule has 8 heteroatoms. The molecule has 1 fully saturated rings. The van der Waals surface area contributed by atoms with Crippen molar-refractivity contribution in [2.45, 2.75) is 25.1 Å². The number of carbonyl (C=O) groups is 1. The number of aliphatic carboxylic acids is 1. The molecule has 0 aromatic heterocycles. The third kappa shape index (κ3) is 4.67. The van der Waals surface area contributed by atoms with Crippen molar-refractivity contribution in [2.24, 2.45) is 5.92 Å². The number of alkyl halides is 3. The molecule has 2 aromatic rings. The minimum Gasteiger partial charge on any atom is -0.496 e. The van der Waals surface area contributed by atoms with Gasteiger partial charge in [-0.05, 0) is 43.1 Å². The first kappa shape index (κ1) is 21.5. The Kier molecular flexibility index (Phi) is 6.39. The van der Waals surface area contributed by atoms with Crippen molar-refractivity contribution in [1.82, 2.24) is 4.90 Å². The summed E-state index contributed by atoms with van der Waals surface area (Å²) in [6.07, 6.45) is -3.41. The number of halogens is 4. The van der Waals surface area contributed by atoms with Crippen molar-refractivity contribution >= 4 is 17.6 Å². The third-order valence-electron chi connectivity index (χ3n) is 5.21. The topological polar surface area (TPSA) is 49.8 Å². The van der Waals surface area contributed by atoms with Gasteiger partial charge in [0.25, 0.3) is 0 Å². The highest BCUT2D eigenvalue weighted by Crippen LogP contribution is 2.41. The van der Waals surface area contributed by atoms with E-state index in [-0.39, 0.29) is 11.6 Å². The van der Waals surface area contributed by atoms with E-state index in [2.05, 4.69) is 0 Å². The number of benzene rings is 2. The third-order valence-corrected chi connectivity index (χ3v) is 5.54. The van der Waals surface area contributed by atoms with Crippen LogP contribution in [0.25, 0.3) is 0 Å². The molecule has 1 heterocycles. The summed E-state index contributed by atoms with van der Waals surface area (Å²) in [5.41, 5.74) is 0.150. The number of para-hydroxylation sites is 1. The minimum atomic E-state index is -4.59. The highest BCUT2D eigenvalue weighted by molar-refractivity contribution is 6.31. The number of nitrogens with zero attached hydrogens (tertiary/aromatic N) is 1. The van der Waals surface area contributed by atoms with Crippen LogP contribution in [-0.2, 0) is 11.0 Å². The van der Waals surface area contributed by atoms with Gasteiger partial charge in [-0.1, -0.05) is 35.9 Å². The van der Waals surface area contributed by atoms with E-state index in [1.54, 1.807) is 30.3 Å². The number of ether oxygens (including phenoxy) is 1. The molecule has 29 heavy (non-hydrogen) atoms. The zero-order valence-electron chi connectivity index (χ0n) is 15.7. The molecule has 2 aromatic carbocycles. The number of piperidine rings is 1. The predicted octanol–water partition coefficient (Wildman–Crippen LogP) is 5.25. The van der Waals surface area contributed by atoms with E-state index in [0.717, 1.165) is 6.07 Å². The summed E-state index contributed by atoms with van der Waals surface area (Å²) in [5, 5.41) is 9.08. The minimum absolute atomic E-state index is 0.238. The maximum Gasteiger partial charge on any atom is 0.417 e. The summed E-state index contributed by atoms with van der Waals surface area (Å²) in [7, 11) is 1.50. The quantitative estimate of drug-likeness (QED) is 0.707. The molecule has 3 rings (SSSR count). The smallest absolute Gasteiger partial charge is 0.417 e. The summed E-state index contributed by atoms with van der Waals surface area (Å²) >= 11 is 5.80. The van der Waals surface area contributed by atoms with Crippen molar-refractivity contribution < 1.29 is 27.8 Å². The summed E-state index contributed by atoms with van der Waals surface area (Å²) in [6.45, 7) is 0.804. The van der Waals surface area contributed by atoms with E-state index in [9.17, 15) is 23.1 Å². The highest BCUT2D eigenvalue weighted by atomic mass is 35.5. The monoisotopic (exact) mass is 427 g/mol. The van der Waals surface area contributed by atoms with Crippen molar-refractivity contribution in [2.75, 3.05) is 20.2 Å². The van der Waals surface area contributed by atoms with Gasteiger partial charge in [0, 0.05) is 12.1 Å². The Labute approximate surface area is 171 Å². The van der Waals surface area contributed by atoms with Gasteiger partial charge in [-0.25, -0.2) is 0 Å². The molecule has 1 saturated heterocycles. The van der Waals surface area contributed by atoms with Crippen LogP contribution in [-0.4, -0.2) is 36.2 Å². The van der Waals surface area contributed by atoms with Crippen LogP contribution < -0.4 is 4.74 Å². The Hall–Kier alpha value is -2.25. The van der Waals surface area contributed by atoms with E-state index in [1.807, 2.05) is 4.90 Å². The fourth-order valence-corrected chi connectivity index (χ4v) is 4.08. The lowest BCUT2D eigenvalue weighted by Crippen LogP contribution is -2.41.